The Labute approximate surface area is 263 Å². The molecule has 7 heteroatoms. The van der Waals surface area contributed by atoms with Crippen LogP contribution in [0.1, 0.15) is 96.4 Å². The zero-order valence-corrected chi connectivity index (χ0v) is 27.8. The fourth-order valence-electron chi connectivity index (χ4n) is 5.48. The van der Waals surface area contributed by atoms with Crippen molar-refractivity contribution in [1.82, 2.24) is 10.2 Å². The maximum atomic E-state index is 14.5. The second-order valence-corrected chi connectivity index (χ2v) is 13.2. The summed E-state index contributed by atoms with van der Waals surface area (Å²) >= 11 is 0. The van der Waals surface area contributed by atoms with Crippen LogP contribution in [0.2, 0.25) is 0 Å². The first-order valence-corrected chi connectivity index (χ1v) is 16.0. The lowest BCUT2D eigenvalue weighted by atomic mass is 9.95. The van der Waals surface area contributed by atoms with Gasteiger partial charge in [-0.25, -0.2) is 4.79 Å². The van der Waals surface area contributed by atoms with E-state index in [1.807, 2.05) is 88.4 Å². The highest BCUT2D eigenvalue weighted by Gasteiger charge is 2.37. The molecule has 2 atom stereocenters. The third-order valence-corrected chi connectivity index (χ3v) is 7.53. The van der Waals surface area contributed by atoms with Gasteiger partial charge in [0.05, 0.1) is 0 Å². The number of hydrogen-bond acceptors (Lipinski definition) is 4. The number of benzene rings is 3. The highest BCUT2D eigenvalue weighted by Crippen LogP contribution is 2.30. The minimum atomic E-state index is -0.897. The van der Waals surface area contributed by atoms with E-state index < -0.39 is 23.8 Å². The van der Waals surface area contributed by atoms with Crippen LogP contribution in [-0.4, -0.2) is 41.0 Å². The minimum Gasteiger partial charge on any atom is -0.444 e. The van der Waals surface area contributed by atoms with Crippen molar-refractivity contribution in [3.05, 3.63) is 77.4 Å². The molecule has 0 bridgehead atoms. The Morgan fingerprint density at radius 1 is 0.886 bits per heavy atom. The van der Waals surface area contributed by atoms with Gasteiger partial charge in [0.2, 0.25) is 5.91 Å². The normalized spacial score (nSPS) is 12.9. The molecule has 2 N–H and O–H groups in total. The van der Waals surface area contributed by atoms with Crippen LogP contribution in [0.5, 0.6) is 0 Å². The van der Waals surface area contributed by atoms with Gasteiger partial charge in [-0.3, -0.25) is 9.59 Å². The first kappa shape index (κ1) is 34.6. The number of fused-ring (bicyclic) bond motifs is 1. The summed E-state index contributed by atoms with van der Waals surface area (Å²) in [5.74, 6) is -0.469. The van der Waals surface area contributed by atoms with Gasteiger partial charge in [0.15, 0.2) is 0 Å². The number of nitrogens with zero attached hydrogens (tertiary/aromatic N) is 1. The third kappa shape index (κ3) is 10.1. The number of rotatable bonds is 13. The number of amides is 3. The van der Waals surface area contributed by atoms with Gasteiger partial charge < -0.3 is 20.3 Å². The molecule has 238 valence electrons. The Morgan fingerprint density at radius 3 is 2.23 bits per heavy atom. The third-order valence-electron chi connectivity index (χ3n) is 7.53. The van der Waals surface area contributed by atoms with Crippen LogP contribution in [0.4, 0.5) is 10.5 Å². The molecule has 3 rings (SSSR count). The van der Waals surface area contributed by atoms with Gasteiger partial charge in [0.1, 0.15) is 17.7 Å². The molecule has 0 aliphatic carbocycles. The van der Waals surface area contributed by atoms with E-state index in [9.17, 15) is 14.4 Å². The molecule has 44 heavy (non-hydrogen) atoms. The Bertz CT molecular complexity index is 1430. The molecule has 0 aliphatic heterocycles. The lowest BCUT2D eigenvalue weighted by molar-refractivity contribution is -0.141. The first-order valence-electron chi connectivity index (χ1n) is 16.0. The SMILES string of the molecule is CCCCCCN(C(=O)C(CC(C)C)NC(=O)OC(C)(C)C)C(C(=O)Nc1ccc2ccccc2c1)c1ccc(C)cc1C. The van der Waals surface area contributed by atoms with E-state index in [-0.39, 0.29) is 17.7 Å². The predicted molar refractivity (Wildman–Crippen MR) is 180 cm³/mol. The van der Waals surface area contributed by atoms with Crippen molar-refractivity contribution < 1.29 is 19.1 Å². The summed E-state index contributed by atoms with van der Waals surface area (Å²) in [5.41, 5.74) is 2.71. The lowest BCUT2D eigenvalue weighted by Crippen LogP contribution is -2.53. The average Bonchev–Trinajstić information content (AvgIpc) is 2.93. The molecule has 0 saturated carbocycles. The molecule has 3 amide bonds. The van der Waals surface area contributed by atoms with Crippen molar-refractivity contribution in [2.24, 2.45) is 5.92 Å². The number of nitrogens with one attached hydrogen (secondary N) is 2. The minimum absolute atomic E-state index is 0.117. The summed E-state index contributed by atoms with van der Waals surface area (Å²) in [6.45, 7) is 15.9. The van der Waals surface area contributed by atoms with Gasteiger partial charge in [0.25, 0.3) is 5.91 Å². The van der Waals surface area contributed by atoms with E-state index in [0.717, 1.165) is 53.1 Å². The highest BCUT2D eigenvalue weighted by molar-refractivity contribution is 6.00. The standard InChI is InChI=1S/C37H51N3O4/c1-9-10-11-14-21-40(35(42)32(22-25(2)3)39-36(43)44-37(6,7)8)33(31-20-17-26(4)23-27(31)5)34(41)38-30-19-18-28-15-12-13-16-29(28)24-30/h12-13,15-20,23-25,32-33H,9-11,14,21-22H2,1-8H3,(H,38,41)(H,39,43). The molecular weight excluding hydrogens is 550 g/mol. The number of alkyl carbamates (subject to hydrolysis) is 1. The molecule has 0 fully saturated rings. The van der Waals surface area contributed by atoms with Crippen LogP contribution in [0.15, 0.2) is 60.7 Å². The van der Waals surface area contributed by atoms with Crippen molar-refractivity contribution in [2.45, 2.75) is 105 Å². The monoisotopic (exact) mass is 601 g/mol. The van der Waals surface area contributed by atoms with Crippen molar-refractivity contribution in [3.8, 4) is 0 Å². The van der Waals surface area contributed by atoms with E-state index in [4.69, 9.17) is 4.74 Å². The predicted octanol–water partition coefficient (Wildman–Crippen LogP) is 8.48. The van der Waals surface area contributed by atoms with E-state index in [0.29, 0.717) is 18.7 Å². The zero-order valence-electron chi connectivity index (χ0n) is 27.8. The summed E-state index contributed by atoms with van der Waals surface area (Å²) in [7, 11) is 0. The molecule has 7 nitrogen and oxygen atoms in total. The first-order chi connectivity index (χ1) is 20.8. The smallest absolute Gasteiger partial charge is 0.408 e. The Kier molecular flexibility index (Phi) is 12.4. The second-order valence-electron chi connectivity index (χ2n) is 13.2. The largest absolute Gasteiger partial charge is 0.444 e. The summed E-state index contributed by atoms with van der Waals surface area (Å²) in [5, 5.41) is 8.05. The number of ether oxygens (including phenoxy) is 1. The number of aryl methyl sites for hydroxylation is 2. The number of unbranched alkanes of at least 4 members (excludes halogenated alkanes) is 3. The van der Waals surface area contributed by atoms with Crippen LogP contribution >= 0.6 is 0 Å². The van der Waals surface area contributed by atoms with Crippen LogP contribution in [0, 0.1) is 19.8 Å². The zero-order chi connectivity index (χ0) is 32.4. The van der Waals surface area contributed by atoms with Gasteiger partial charge in [-0.1, -0.05) is 94.1 Å². The molecule has 3 aromatic rings. The van der Waals surface area contributed by atoms with Gasteiger partial charge >= 0.3 is 6.09 Å². The quantitative estimate of drug-likeness (QED) is 0.192. The van der Waals surface area contributed by atoms with Crippen molar-refractivity contribution in [2.75, 3.05) is 11.9 Å². The lowest BCUT2D eigenvalue weighted by Gasteiger charge is -2.35. The Hall–Kier alpha value is -3.87. The molecule has 0 heterocycles. The van der Waals surface area contributed by atoms with E-state index in [1.165, 1.54) is 0 Å². The van der Waals surface area contributed by atoms with Gasteiger partial charge in [-0.15, -0.1) is 0 Å². The molecule has 0 saturated heterocycles. The average molecular weight is 602 g/mol. The van der Waals surface area contributed by atoms with Crippen LogP contribution in [0.25, 0.3) is 10.8 Å². The number of carbonyl (C=O) groups is 3. The maximum absolute atomic E-state index is 14.5. The fourth-order valence-corrected chi connectivity index (χ4v) is 5.48. The second kappa shape index (κ2) is 15.7. The topological polar surface area (TPSA) is 87.7 Å². The van der Waals surface area contributed by atoms with E-state index >= 15 is 0 Å². The van der Waals surface area contributed by atoms with Gasteiger partial charge in [-0.05, 0) is 87.4 Å². The van der Waals surface area contributed by atoms with E-state index in [2.05, 4.69) is 17.6 Å². The Balaban J connectivity index is 2.07. The number of anilines is 1. The molecule has 0 aliphatic rings. The summed E-state index contributed by atoms with van der Waals surface area (Å²) < 4.78 is 5.53. The highest BCUT2D eigenvalue weighted by atomic mass is 16.6. The van der Waals surface area contributed by atoms with Gasteiger partial charge in [0, 0.05) is 12.2 Å². The van der Waals surface area contributed by atoms with Crippen molar-refractivity contribution in [3.63, 3.8) is 0 Å². The van der Waals surface area contributed by atoms with Crippen molar-refractivity contribution in [1.29, 1.82) is 0 Å². The molecule has 0 spiro atoms. The maximum Gasteiger partial charge on any atom is 0.408 e. The summed E-state index contributed by atoms with van der Waals surface area (Å²) in [6, 6.07) is 18.0. The van der Waals surface area contributed by atoms with Crippen LogP contribution in [-0.2, 0) is 14.3 Å². The van der Waals surface area contributed by atoms with Crippen LogP contribution < -0.4 is 10.6 Å². The molecule has 0 radical (unpaired) electrons. The number of carbonyl (C=O) groups excluding carboxylic acids is 3. The van der Waals surface area contributed by atoms with Crippen molar-refractivity contribution >= 4 is 34.4 Å². The molecule has 0 aromatic heterocycles. The summed E-state index contributed by atoms with van der Waals surface area (Å²) in [6.07, 6.45) is 3.52. The summed E-state index contributed by atoms with van der Waals surface area (Å²) in [4.78, 5) is 43.5. The molecular formula is C37H51N3O4. The fraction of sp³-hybridized carbons (Fsp3) is 0.486. The molecule has 3 aromatic carbocycles. The molecule has 2 unspecified atom stereocenters. The van der Waals surface area contributed by atoms with E-state index in [1.54, 1.807) is 25.7 Å². The Morgan fingerprint density at radius 2 is 1.59 bits per heavy atom. The van der Waals surface area contributed by atoms with Crippen LogP contribution in [0.3, 0.4) is 0 Å². The number of hydrogen-bond donors (Lipinski definition) is 2. The van der Waals surface area contributed by atoms with Gasteiger partial charge in [-0.2, -0.15) is 0 Å².